The highest BCUT2D eigenvalue weighted by Crippen LogP contribution is 2.29. The first-order valence-corrected chi connectivity index (χ1v) is 6.19. The van der Waals surface area contributed by atoms with Gasteiger partial charge in [-0.1, -0.05) is 0 Å². The summed E-state index contributed by atoms with van der Waals surface area (Å²) in [5.41, 5.74) is 1.42. The molecule has 2 heterocycles. The van der Waals surface area contributed by atoms with Crippen molar-refractivity contribution in [2.24, 2.45) is 0 Å². The van der Waals surface area contributed by atoms with Crippen LogP contribution in [0.2, 0.25) is 0 Å². The van der Waals surface area contributed by atoms with Crippen LogP contribution in [0.4, 0.5) is 0 Å². The molecule has 0 amide bonds. The number of rotatable bonds is 1. The van der Waals surface area contributed by atoms with E-state index in [0.717, 1.165) is 23.3 Å². The van der Waals surface area contributed by atoms with E-state index < -0.39 is 5.56 Å². The number of aromatic amines is 1. The number of halogens is 1. The standard InChI is InChI=1S/C12H9BrN2O3/c13-9-11(16)14-10(15-12(9)17)7-1-2-8-6(5-7)3-4-18-8/h1-2,5H,3-4H2,(H2,14,15,16,17). The highest BCUT2D eigenvalue weighted by Gasteiger charge is 2.15. The maximum atomic E-state index is 11.5. The van der Waals surface area contributed by atoms with Gasteiger partial charge in [0.2, 0.25) is 5.88 Å². The normalized spacial score (nSPS) is 13.2. The SMILES string of the molecule is O=c1[nH]c(-c2ccc3c(c2)CCO3)nc(O)c1Br. The highest BCUT2D eigenvalue weighted by molar-refractivity contribution is 9.10. The fraction of sp³-hybridized carbons (Fsp3) is 0.167. The Labute approximate surface area is 111 Å². The van der Waals surface area contributed by atoms with Gasteiger partial charge in [0.1, 0.15) is 16.0 Å². The third-order valence-electron chi connectivity index (χ3n) is 2.81. The predicted octanol–water partition coefficient (Wildman–Crippen LogP) is 1.84. The first-order valence-electron chi connectivity index (χ1n) is 5.40. The number of ether oxygens (including phenoxy) is 1. The topological polar surface area (TPSA) is 75.2 Å². The van der Waals surface area contributed by atoms with Crippen LogP contribution in [0, 0.1) is 0 Å². The Hall–Kier alpha value is -1.82. The van der Waals surface area contributed by atoms with Crippen LogP contribution in [0.3, 0.4) is 0 Å². The van der Waals surface area contributed by atoms with Gasteiger partial charge in [0.15, 0.2) is 0 Å². The van der Waals surface area contributed by atoms with Gasteiger partial charge in [-0.25, -0.2) is 0 Å². The molecule has 3 rings (SSSR count). The molecule has 1 aromatic carbocycles. The molecule has 0 atom stereocenters. The number of aromatic hydroxyl groups is 1. The Morgan fingerprint density at radius 1 is 1.44 bits per heavy atom. The van der Waals surface area contributed by atoms with Gasteiger partial charge in [-0.2, -0.15) is 4.98 Å². The number of hydrogen-bond donors (Lipinski definition) is 2. The van der Waals surface area contributed by atoms with E-state index in [9.17, 15) is 9.90 Å². The van der Waals surface area contributed by atoms with Gasteiger partial charge in [-0.05, 0) is 39.7 Å². The minimum atomic E-state index is -0.408. The van der Waals surface area contributed by atoms with Crippen LogP contribution in [0.5, 0.6) is 11.6 Å². The maximum absolute atomic E-state index is 11.5. The number of fused-ring (bicyclic) bond motifs is 1. The van der Waals surface area contributed by atoms with Crippen molar-refractivity contribution in [2.45, 2.75) is 6.42 Å². The van der Waals surface area contributed by atoms with E-state index in [1.165, 1.54) is 0 Å². The molecule has 92 valence electrons. The summed E-state index contributed by atoms with van der Waals surface area (Å²) in [5.74, 6) is 0.892. The average molecular weight is 309 g/mol. The van der Waals surface area contributed by atoms with Gasteiger partial charge < -0.3 is 14.8 Å². The van der Waals surface area contributed by atoms with Crippen molar-refractivity contribution in [3.63, 3.8) is 0 Å². The summed E-state index contributed by atoms with van der Waals surface area (Å²) in [4.78, 5) is 18.1. The van der Waals surface area contributed by atoms with E-state index in [0.29, 0.717) is 12.4 Å². The molecular formula is C12H9BrN2O3. The van der Waals surface area contributed by atoms with Crippen LogP contribution in [-0.4, -0.2) is 21.7 Å². The molecule has 0 radical (unpaired) electrons. The molecule has 1 aliphatic rings. The number of benzene rings is 1. The van der Waals surface area contributed by atoms with Gasteiger partial charge in [0, 0.05) is 12.0 Å². The van der Waals surface area contributed by atoms with Crippen LogP contribution in [0.15, 0.2) is 27.5 Å². The van der Waals surface area contributed by atoms with Crippen LogP contribution >= 0.6 is 15.9 Å². The summed E-state index contributed by atoms with van der Waals surface area (Å²) < 4.78 is 5.44. The van der Waals surface area contributed by atoms with Gasteiger partial charge in [0.25, 0.3) is 5.56 Å². The van der Waals surface area contributed by atoms with Crippen molar-refractivity contribution in [2.75, 3.05) is 6.61 Å². The maximum Gasteiger partial charge on any atom is 0.269 e. The Kier molecular flexibility index (Phi) is 2.59. The predicted molar refractivity (Wildman–Crippen MR) is 68.9 cm³/mol. The van der Waals surface area contributed by atoms with E-state index in [4.69, 9.17) is 4.74 Å². The van der Waals surface area contributed by atoms with Gasteiger partial charge in [0.05, 0.1) is 6.61 Å². The zero-order chi connectivity index (χ0) is 12.7. The molecule has 6 heteroatoms. The smallest absolute Gasteiger partial charge is 0.269 e. The largest absolute Gasteiger partial charge is 0.493 e. The molecule has 2 aromatic rings. The first-order chi connectivity index (χ1) is 8.65. The molecular weight excluding hydrogens is 300 g/mol. The van der Waals surface area contributed by atoms with E-state index >= 15 is 0 Å². The lowest BCUT2D eigenvalue weighted by Gasteiger charge is -2.04. The molecule has 0 saturated heterocycles. The third-order valence-corrected chi connectivity index (χ3v) is 3.52. The van der Waals surface area contributed by atoms with E-state index in [-0.39, 0.29) is 10.4 Å². The van der Waals surface area contributed by atoms with Crippen LogP contribution in [0.25, 0.3) is 11.4 Å². The second-order valence-electron chi connectivity index (χ2n) is 3.97. The number of nitrogens with one attached hydrogen (secondary N) is 1. The fourth-order valence-corrected chi connectivity index (χ4v) is 2.11. The molecule has 2 N–H and O–H groups in total. The summed E-state index contributed by atoms with van der Waals surface area (Å²) in [6, 6.07) is 5.56. The van der Waals surface area contributed by atoms with E-state index in [1.54, 1.807) is 6.07 Å². The second kappa shape index (κ2) is 4.13. The number of aromatic nitrogens is 2. The average Bonchev–Trinajstić information content (AvgIpc) is 2.82. The van der Waals surface area contributed by atoms with E-state index in [2.05, 4.69) is 25.9 Å². The van der Waals surface area contributed by atoms with Crippen molar-refractivity contribution in [1.29, 1.82) is 0 Å². The Morgan fingerprint density at radius 2 is 2.28 bits per heavy atom. The van der Waals surface area contributed by atoms with Gasteiger partial charge in [-0.3, -0.25) is 4.79 Å². The van der Waals surface area contributed by atoms with E-state index in [1.807, 2.05) is 12.1 Å². The number of nitrogens with zero attached hydrogens (tertiary/aromatic N) is 1. The molecule has 0 saturated carbocycles. The fourth-order valence-electron chi connectivity index (χ4n) is 1.92. The summed E-state index contributed by atoms with van der Waals surface area (Å²) in [7, 11) is 0. The molecule has 1 aliphatic heterocycles. The number of H-pyrrole nitrogens is 1. The minimum absolute atomic E-state index is 0.0377. The highest BCUT2D eigenvalue weighted by atomic mass is 79.9. The van der Waals surface area contributed by atoms with Crippen LogP contribution < -0.4 is 10.3 Å². The summed E-state index contributed by atoms with van der Waals surface area (Å²) in [6.07, 6.45) is 0.843. The molecule has 0 bridgehead atoms. The van der Waals surface area contributed by atoms with Crippen LogP contribution in [-0.2, 0) is 6.42 Å². The molecule has 18 heavy (non-hydrogen) atoms. The molecule has 0 spiro atoms. The molecule has 0 fully saturated rings. The zero-order valence-corrected chi connectivity index (χ0v) is 10.8. The number of hydrogen-bond acceptors (Lipinski definition) is 4. The molecule has 0 unspecified atom stereocenters. The van der Waals surface area contributed by atoms with Crippen molar-refractivity contribution < 1.29 is 9.84 Å². The van der Waals surface area contributed by atoms with Crippen molar-refractivity contribution in [3.05, 3.63) is 38.6 Å². The molecule has 5 nitrogen and oxygen atoms in total. The monoisotopic (exact) mass is 308 g/mol. The lowest BCUT2D eigenvalue weighted by molar-refractivity contribution is 0.357. The second-order valence-corrected chi connectivity index (χ2v) is 4.77. The van der Waals surface area contributed by atoms with Crippen LogP contribution in [0.1, 0.15) is 5.56 Å². The Morgan fingerprint density at radius 3 is 3.06 bits per heavy atom. The molecule has 1 aromatic heterocycles. The van der Waals surface area contributed by atoms with Gasteiger partial charge >= 0.3 is 0 Å². The third kappa shape index (κ3) is 1.78. The zero-order valence-electron chi connectivity index (χ0n) is 9.24. The Bertz CT molecular complexity index is 682. The summed E-state index contributed by atoms with van der Waals surface area (Å²) >= 11 is 2.96. The van der Waals surface area contributed by atoms with Crippen molar-refractivity contribution in [3.8, 4) is 23.0 Å². The Balaban J connectivity index is 2.13. The summed E-state index contributed by atoms with van der Waals surface area (Å²) in [5, 5.41) is 9.53. The minimum Gasteiger partial charge on any atom is -0.493 e. The van der Waals surface area contributed by atoms with Gasteiger partial charge in [-0.15, -0.1) is 0 Å². The molecule has 0 aliphatic carbocycles. The van der Waals surface area contributed by atoms with Crippen molar-refractivity contribution >= 4 is 15.9 Å². The quantitative estimate of drug-likeness (QED) is 0.843. The van der Waals surface area contributed by atoms with Crippen molar-refractivity contribution in [1.82, 2.24) is 9.97 Å². The first kappa shape index (κ1) is 11.3. The lowest BCUT2D eigenvalue weighted by atomic mass is 10.1. The lowest BCUT2D eigenvalue weighted by Crippen LogP contribution is -2.09. The summed E-state index contributed by atoms with van der Waals surface area (Å²) in [6.45, 7) is 0.675.